The number of hydrogen-bond acceptors (Lipinski definition) is 2. The van der Waals surface area contributed by atoms with E-state index in [4.69, 9.17) is 16.0 Å². The van der Waals surface area contributed by atoms with Crippen molar-refractivity contribution in [1.82, 2.24) is 5.32 Å². The van der Waals surface area contributed by atoms with Crippen molar-refractivity contribution in [3.8, 4) is 0 Å². The summed E-state index contributed by atoms with van der Waals surface area (Å²) in [5.74, 6) is 0. The summed E-state index contributed by atoms with van der Waals surface area (Å²) in [6.07, 6.45) is 4.40. The van der Waals surface area contributed by atoms with E-state index in [0.29, 0.717) is 0 Å². The van der Waals surface area contributed by atoms with Crippen molar-refractivity contribution in [3.05, 3.63) is 56.5 Å². The average Bonchev–Trinajstić information content (AvgIpc) is 2.85. The van der Waals surface area contributed by atoms with Crippen LogP contribution in [0.3, 0.4) is 0 Å². The maximum atomic E-state index is 6.19. The minimum absolute atomic E-state index is 0.266. The van der Waals surface area contributed by atoms with E-state index in [1.54, 1.807) is 12.5 Å². The molecule has 1 N–H and O–H groups in total. The molecule has 4 heteroatoms. The van der Waals surface area contributed by atoms with Gasteiger partial charge in [0.05, 0.1) is 17.5 Å². The second-order valence-electron chi connectivity index (χ2n) is 4.12. The molecule has 1 heterocycles. The molecule has 2 aromatic rings. The zero-order valence-corrected chi connectivity index (χ0v) is 13.0. The van der Waals surface area contributed by atoms with Crippen molar-refractivity contribution in [2.24, 2.45) is 0 Å². The van der Waals surface area contributed by atoms with Crippen LogP contribution in [0.25, 0.3) is 0 Å². The quantitative estimate of drug-likeness (QED) is 0.782. The Morgan fingerprint density at radius 1 is 1.39 bits per heavy atom. The number of rotatable bonds is 5. The van der Waals surface area contributed by atoms with Crippen molar-refractivity contribution < 1.29 is 4.42 Å². The zero-order chi connectivity index (χ0) is 13.0. The standard InChI is InChI=1S/C14H15ClINO/c1-2-17-14(7-10-5-6-18-9-10)11-3-4-13(16)12(15)8-11/h3-6,8-9,14,17H,2,7H2,1H3. The monoisotopic (exact) mass is 375 g/mol. The van der Waals surface area contributed by atoms with Crippen molar-refractivity contribution in [2.45, 2.75) is 19.4 Å². The van der Waals surface area contributed by atoms with Crippen LogP contribution in [0, 0.1) is 3.57 Å². The van der Waals surface area contributed by atoms with E-state index in [1.165, 1.54) is 11.1 Å². The Hall–Kier alpha value is -0.520. The van der Waals surface area contributed by atoms with Crippen LogP contribution in [0.1, 0.15) is 24.1 Å². The number of benzene rings is 1. The van der Waals surface area contributed by atoms with Gasteiger partial charge in [0, 0.05) is 9.61 Å². The second kappa shape index (κ2) is 6.59. The molecule has 0 amide bonds. The Morgan fingerprint density at radius 2 is 2.22 bits per heavy atom. The van der Waals surface area contributed by atoms with Crippen LogP contribution in [0.2, 0.25) is 5.02 Å². The van der Waals surface area contributed by atoms with Gasteiger partial charge >= 0.3 is 0 Å². The predicted octanol–water partition coefficient (Wildman–Crippen LogP) is 4.43. The van der Waals surface area contributed by atoms with Crippen LogP contribution in [-0.4, -0.2) is 6.54 Å². The Labute approximate surface area is 126 Å². The van der Waals surface area contributed by atoms with E-state index in [2.05, 4.69) is 47.0 Å². The zero-order valence-electron chi connectivity index (χ0n) is 10.1. The summed E-state index contributed by atoms with van der Waals surface area (Å²) in [5.41, 5.74) is 2.40. The number of halogens is 2. The summed E-state index contributed by atoms with van der Waals surface area (Å²) < 4.78 is 6.20. The van der Waals surface area contributed by atoms with E-state index in [0.717, 1.165) is 21.6 Å². The fourth-order valence-electron chi connectivity index (χ4n) is 1.93. The van der Waals surface area contributed by atoms with E-state index >= 15 is 0 Å². The molecule has 0 fully saturated rings. The molecule has 1 atom stereocenters. The Balaban J connectivity index is 2.20. The molecule has 1 aromatic heterocycles. The largest absolute Gasteiger partial charge is 0.472 e. The summed E-state index contributed by atoms with van der Waals surface area (Å²) in [5, 5.41) is 4.29. The molecular weight excluding hydrogens is 361 g/mol. The van der Waals surface area contributed by atoms with Crippen molar-refractivity contribution in [3.63, 3.8) is 0 Å². The van der Waals surface area contributed by atoms with Gasteiger partial charge in [-0.2, -0.15) is 0 Å². The third kappa shape index (κ3) is 3.49. The highest BCUT2D eigenvalue weighted by molar-refractivity contribution is 14.1. The average molecular weight is 376 g/mol. The summed E-state index contributed by atoms with van der Waals surface area (Å²) in [6.45, 7) is 3.03. The first kappa shape index (κ1) is 13.9. The van der Waals surface area contributed by atoms with Gasteiger partial charge in [0.15, 0.2) is 0 Å². The normalized spacial score (nSPS) is 12.6. The highest BCUT2D eigenvalue weighted by atomic mass is 127. The van der Waals surface area contributed by atoms with Gasteiger partial charge < -0.3 is 9.73 Å². The molecule has 96 valence electrons. The lowest BCUT2D eigenvalue weighted by Gasteiger charge is -2.18. The second-order valence-corrected chi connectivity index (χ2v) is 5.69. The Bertz CT molecular complexity index is 499. The molecular formula is C14H15ClINO. The first-order chi connectivity index (χ1) is 8.70. The lowest BCUT2D eigenvalue weighted by Crippen LogP contribution is -2.22. The highest BCUT2D eigenvalue weighted by Crippen LogP contribution is 2.25. The molecule has 2 rings (SSSR count). The van der Waals surface area contributed by atoms with Crippen molar-refractivity contribution >= 4 is 34.2 Å². The molecule has 0 aliphatic rings. The van der Waals surface area contributed by atoms with Gasteiger partial charge in [0.25, 0.3) is 0 Å². The predicted molar refractivity (Wildman–Crippen MR) is 83.0 cm³/mol. The molecule has 2 nitrogen and oxygen atoms in total. The molecule has 0 aliphatic carbocycles. The molecule has 0 aliphatic heterocycles. The van der Waals surface area contributed by atoms with Crippen LogP contribution < -0.4 is 5.32 Å². The van der Waals surface area contributed by atoms with Crippen LogP contribution in [0.4, 0.5) is 0 Å². The van der Waals surface area contributed by atoms with Gasteiger partial charge in [-0.1, -0.05) is 24.6 Å². The SMILES string of the molecule is CCNC(Cc1ccoc1)c1ccc(I)c(Cl)c1. The molecule has 0 saturated carbocycles. The smallest absolute Gasteiger partial charge is 0.0935 e. The summed E-state index contributed by atoms with van der Waals surface area (Å²) in [7, 11) is 0. The number of nitrogens with one attached hydrogen (secondary N) is 1. The molecule has 0 saturated heterocycles. The van der Waals surface area contributed by atoms with Gasteiger partial charge in [-0.25, -0.2) is 0 Å². The van der Waals surface area contributed by atoms with Crippen molar-refractivity contribution in [2.75, 3.05) is 6.54 Å². The van der Waals surface area contributed by atoms with Gasteiger partial charge in [-0.15, -0.1) is 0 Å². The third-order valence-corrected chi connectivity index (χ3v) is 4.39. The molecule has 1 unspecified atom stereocenters. The van der Waals surface area contributed by atoms with Gasteiger partial charge in [-0.05, 0) is 64.9 Å². The van der Waals surface area contributed by atoms with Gasteiger partial charge in [0.2, 0.25) is 0 Å². The third-order valence-electron chi connectivity index (χ3n) is 2.82. The molecule has 0 radical (unpaired) electrons. The summed E-state index contributed by atoms with van der Waals surface area (Å²) in [6, 6.07) is 8.48. The van der Waals surface area contributed by atoms with Crippen LogP contribution in [0.15, 0.2) is 41.2 Å². The van der Waals surface area contributed by atoms with Crippen LogP contribution in [-0.2, 0) is 6.42 Å². The van der Waals surface area contributed by atoms with Gasteiger partial charge in [0.1, 0.15) is 0 Å². The van der Waals surface area contributed by atoms with E-state index < -0.39 is 0 Å². The summed E-state index contributed by atoms with van der Waals surface area (Å²) >= 11 is 8.43. The first-order valence-electron chi connectivity index (χ1n) is 5.90. The molecule has 0 bridgehead atoms. The fourth-order valence-corrected chi connectivity index (χ4v) is 2.45. The summed E-state index contributed by atoms with van der Waals surface area (Å²) in [4.78, 5) is 0. The van der Waals surface area contributed by atoms with Gasteiger partial charge in [-0.3, -0.25) is 0 Å². The maximum absolute atomic E-state index is 6.19. The number of furan rings is 1. The highest BCUT2D eigenvalue weighted by Gasteiger charge is 2.13. The Morgan fingerprint density at radius 3 is 2.83 bits per heavy atom. The topological polar surface area (TPSA) is 25.2 Å². The minimum Gasteiger partial charge on any atom is -0.472 e. The molecule has 18 heavy (non-hydrogen) atoms. The van der Waals surface area contributed by atoms with E-state index in [1.807, 2.05) is 12.1 Å². The molecule has 0 spiro atoms. The van der Waals surface area contributed by atoms with Crippen molar-refractivity contribution in [1.29, 1.82) is 0 Å². The molecule has 1 aromatic carbocycles. The lowest BCUT2D eigenvalue weighted by molar-refractivity contribution is 0.535. The lowest BCUT2D eigenvalue weighted by atomic mass is 10.0. The van der Waals surface area contributed by atoms with Crippen LogP contribution >= 0.6 is 34.2 Å². The number of hydrogen-bond donors (Lipinski definition) is 1. The minimum atomic E-state index is 0.266. The van der Waals surface area contributed by atoms with Crippen LogP contribution in [0.5, 0.6) is 0 Å². The van der Waals surface area contributed by atoms with E-state index in [-0.39, 0.29) is 6.04 Å². The van der Waals surface area contributed by atoms with E-state index in [9.17, 15) is 0 Å². The maximum Gasteiger partial charge on any atom is 0.0935 e. The Kier molecular flexibility index (Phi) is 5.09. The number of likely N-dealkylation sites (N-methyl/N-ethyl adjacent to an activating group) is 1. The fraction of sp³-hybridized carbons (Fsp3) is 0.286. The first-order valence-corrected chi connectivity index (χ1v) is 7.35.